The molecule has 3 aromatic rings. The number of alkyl halides is 3. The molecule has 2 heterocycles. The van der Waals surface area contributed by atoms with Gasteiger partial charge in [-0.15, -0.1) is 0 Å². The summed E-state index contributed by atoms with van der Waals surface area (Å²) in [6.07, 6.45) is -1.49. The third kappa shape index (κ3) is 5.09. The van der Waals surface area contributed by atoms with E-state index >= 15 is 0 Å². The topological polar surface area (TPSA) is 65.8 Å². The van der Waals surface area contributed by atoms with Gasteiger partial charge in [0.25, 0.3) is 0 Å². The molecule has 1 N–H and O–H groups in total. The van der Waals surface area contributed by atoms with E-state index in [1.54, 1.807) is 4.90 Å². The fraction of sp³-hybridized carbons (Fsp3) is 0.385. The summed E-state index contributed by atoms with van der Waals surface area (Å²) >= 11 is 0. The van der Waals surface area contributed by atoms with Gasteiger partial charge in [0, 0.05) is 35.8 Å². The highest BCUT2D eigenvalue weighted by molar-refractivity contribution is 5.98. The van der Waals surface area contributed by atoms with Crippen LogP contribution in [-0.4, -0.2) is 57.5 Å². The SMILES string of the molecule is CCN(Cc1cc(F)ccc1-c1cn(CC(=O)O)c2ccc(C(F)(F)F)cc12)C(=O)[C@@H]1CCCN1C. The zero-order chi connectivity index (χ0) is 26.2. The fourth-order valence-electron chi connectivity index (χ4n) is 4.90. The summed E-state index contributed by atoms with van der Waals surface area (Å²) in [5.41, 5.74) is 0.650. The van der Waals surface area contributed by atoms with Crippen molar-refractivity contribution in [2.24, 2.45) is 0 Å². The second-order valence-electron chi connectivity index (χ2n) is 9.09. The van der Waals surface area contributed by atoms with Crippen LogP contribution >= 0.6 is 0 Å². The number of hydrogen-bond acceptors (Lipinski definition) is 3. The van der Waals surface area contributed by atoms with Gasteiger partial charge in [0.05, 0.1) is 11.6 Å². The predicted molar refractivity (Wildman–Crippen MR) is 127 cm³/mol. The van der Waals surface area contributed by atoms with E-state index in [4.69, 9.17) is 0 Å². The molecule has 1 aliphatic heterocycles. The maximum Gasteiger partial charge on any atom is 0.416 e. The van der Waals surface area contributed by atoms with Crippen LogP contribution in [0.4, 0.5) is 17.6 Å². The Morgan fingerprint density at radius 1 is 1.14 bits per heavy atom. The first kappa shape index (κ1) is 25.7. The lowest BCUT2D eigenvalue weighted by Crippen LogP contribution is -2.43. The van der Waals surface area contributed by atoms with Gasteiger partial charge in [-0.1, -0.05) is 6.07 Å². The molecular formula is C26H27F4N3O3. The van der Waals surface area contributed by atoms with E-state index < -0.39 is 30.1 Å². The molecule has 1 aliphatic rings. The van der Waals surface area contributed by atoms with Crippen molar-refractivity contribution >= 4 is 22.8 Å². The number of benzene rings is 2. The van der Waals surface area contributed by atoms with Crippen molar-refractivity contribution in [3.63, 3.8) is 0 Å². The maximum atomic E-state index is 14.3. The number of carbonyl (C=O) groups excluding carboxylic acids is 1. The number of aliphatic carboxylic acids is 1. The Labute approximate surface area is 205 Å². The van der Waals surface area contributed by atoms with Crippen molar-refractivity contribution in [2.45, 2.75) is 45.1 Å². The van der Waals surface area contributed by atoms with Crippen LogP contribution in [0, 0.1) is 5.82 Å². The van der Waals surface area contributed by atoms with E-state index in [9.17, 15) is 32.3 Å². The third-order valence-electron chi connectivity index (χ3n) is 6.73. The molecule has 4 rings (SSSR count). The van der Waals surface area contributed by atoms with Gasteiger partial charge in [0.15, 0.2) is 0 Å². The molecule has 0 saturated carbocycles. The largest absolute Gasteiger partial charge is 0.480 e. The van der Waals surface area contributed by atoms with E-state index in [-0.39, 0.29) is 23.9 Å². The highest BCUT2D eigenvalue weighted by Crippen LogP contribution is 2.38. The molecule has 36 heavy (non-hydrogen) atoms. The number of fused-ring (bicyclic) bond motifs is 1. The minimum Gasteiger partial charge on any atom is -0.480 e. The number of rotatable bonds is 7. The first-order valence-corrected chi connectivity index (χ1v) is 11.7. The van der Waals surface area contributed by atoms with Crippen LogP contribution < -0.4 is 0 Å². The Hall–Kier alpha value is -3.40. The van der Waals surface area contributed by atoms with Crippen LogP contribution in [0.1, 0.15) is 30.9 Å². The molecule has 1 saturated heterocycles. The smallest absolute Gasteiger partial charge is 0.416 e. The molecule has 1 atom stereocenters. The minimum atomic E-state index is -4.59. The van der Waals surface area contributed by atoms with Crippen molar-refractivity contribution in [2.75, 3.05) is 20.1 Å². The molecule has 0 radical (unpaired) electrons. The van der Waals surface area contributed by atoms with Gasteiger partial charge in [-0.2, -0.15) is 13.2 Å². The van der Waals surface area contributed by atoms with Crippen LogP contribution in [0.15, 0.2) is 42.6 Å². The molecule has 1 amide bonds. The Morgan fingerprint density at radius 2 is 1.89 bits per heavy atom. The van der Waals surface area contributed by atoms with Gasteiger partial charge in [-0.05, 0) is 74.8 Å². The zero-order valence-electron chi connectivity index (χ0n) is 20.0. The second kappa shape index (κ2) is 9.93. The maximum absolute atomic E-state index is 14.3. The van der Waals surface area contributed by atoms with Crippen molar-refractivity contribution in [3.8, 4) is 11.1 Å². The minimum absolute atomic E-state index is 0.0668. The molecule has 1 fully saturated rings. The molecule has 0 aliphatic carbocycles. The van der Waals surface area contributed by atoms with Gasteiger partial charge < -0.3 is 14.6 Å². The van der Waals surface area contributed by atoms with Gasteiger partial charge in [0.2, 0.25) is 5.91 Å². The first-order valence-electron chi connectivity index (χ1n) is 11.7. The Balaban J connectivity index is 1.82. The molecule has 0 unspecified atom stereocenters. The number of hydrogen-bond donors (Lipinski definition) is 1. The molecule has 192 valence electrons. The lowest BCUT2D eigenvalue weighted by Gasteiger charge is -2.28. The Morgan fingerprint density at radius 3 is 2.50 bits per heavy atom. The monoisotopic (exact) mass is 505 g/mol. The number of carboxylic acids is 1. The van der Waals surface area contributed by atoms with Crippen LogP contribution in [0.5, 0.6) is 0 Å². The summed E-state index contributed by atoms with van der Waals surface area (Å²) in [7, 11) is 1.88. The normalized spacial score (nSPS) is 16.6. The number of amides is 1. The van der Waals surface area contributed by atoms with Crippen LogP contribution in [0.2, 0.25) is 0 Å². The van der Waals surface area contributed by atoms with Gasteiger partial charge in [0.1, 0.15) is 12.4 Å². The predicted octanol–water partition coefficient (Wildman–Crippen LogP) is 4.99. The van der Waals surface area contributed by atoms with Gasteiger partial charge >= 0.3 is 12.1 Å². The highest BCUT2D eigenvalue weighted by Gasteiger charge is 2.33. The number of likely N-dealkylation sites (tertiary alicyclic amines) is 1. The number of carboxylic acid groups (broad SMARTS) is 1. The van der Waals surface area contributed by atoms with Crippen molar-refractivity contribution < 1.29 is 32.3 Å². The molecule has 10 heteroatoms. The first-order chi connectivity index (χ1) is 17.0. The van der Waals surface area contributed by atoms with E-state index in [1.807, 2.05) is 18.9 Å². The molecule has 1 aromatic heterocycles. The second-order valence-corrected chi connectivity index (χ2v) is 9.09. The Kier molecular flexibility index (Phi) is 7.08. The summed E-state index contributed by atoms with van der Waals surface area (Å²) in [6.45, 7) is 2.62. The molecular weight excluding hydrogens is 478 g/mol. The summed E-state index contributed by atoms with van der Waals surface area (Å²) < 4.78 is 56.2. The quantitative estimate of drug-likeness (QED) is 0.460. The van der Waals surface area contributed by atoms with E-state index in [0.717, 1.165) is 31.5 Å². The average molecular weight is 506 g/mol. The van der Waals surface area contributed by atoms with Crippen molar-refractivity contribution in [1.29, 1.82) is 0 Å². The van der Waals surface area contributed by atoms with Gasteiger partial charge in [-0.3, -0.25) is 14.5 Å². The van der Waals surface area contributed by atoms with Crippen LogP contribution in [0.3, 0.4) is 0 Å². The summed E-state index contributed by atoms with van der Waals surface area (Å²) in [5, 5.41) is 9.52. The lowest BCUT2D eigenvalue weighted by atomic mass is 9.97. The third-order valence-corrected chi connectivity index (χ3v) is 6.73. The van der Waals surface area contributed by atoms with E-state index in [2.05, 4.69) is 0 Å². The van der Waals surface area contributed by atoms with Crippen molar-refractivity contribution in [3.05, 3.63) is 59.5 Å². The van der Waals surface area contributed by atoms with E-state index in [1.165, 1.54) is 35.0 Å². The van der Waals surface area contributed by atoms with Crippen LogP contribution in [-0.2, 0) is 28.9 Å². The molecule has 0 bridgehead atoms. The summed E-state index contributed by atoms with van der Waals surface area (Å²) in [6, 6.07) is 6.80. The molecule has 0 spiro atoms. The fourth-order valence-corrected chi connectivity index (χ4v) is 4.90. The average Bonchev–Trinajstić information content (AvgIpc) is 3.39. The van der Waals surface area contributed by atoms with Crippen molar-refractivity contribution in [1.82, 2.24) is 14.4 Å². The number of carbonyl (C=O) groups is 2. The highest BCUT2D eigenvalue weighted by atomic mass is 19.4. The standard InChI is InChI=1S/C26H27F4N3O3/c1-3-32(25(36)23-5-4-10-31(23)2)13-16-11-18(27)7-8-19(16)21-14-33(15-24(34)35)22-9-6-17(12-20(21)22)26(28,29)30/h6-9,11-12,14,23H,3-5,10,13,15H2,1-2H3,(H,34,35)/t23-/m0/s1. The lowest BCUT2D eigenvalue weighted by molar-refractivity contribution is -0.138. The number of likely N-dealkylation sites (N-methyl/N-ethyl adjacent to an activating group) is 2. The molecule has 2 aromatic carbocycles. The molecule has 6 nitrogen and oxygen atoms in total. The van der Waals surface area contributed by atoms with Crippen LogP contribution in [0.25, 0.3) is 22.0 Å². The number of nitrogens with zero attached hydrogens (tertiary/aromatic N) is 3. The number of aromatic nitrogens is 1. The Bertz CT molecular complexity index is 1300. The summed E-state index contributed by atoms with van der Waals surface area (Å²) in [5.74, 6) is -1.78. The summed E-state index contributed by atoms with van der Waals surface area (Å²) in [4.78, 5) is 28.2. The van der Waals surface area contributed by atoms with Gasteiger partial charge in [-0.25, -0.2) is 4.39 Å². The van der Waals surface area contributed by atoms with E-state index in [0.29, 0.717) is 28.8 Å². The zero-order valence-corrected chi connectivity index (χ0v) is 20.0. The number of halogens is 4.